The number of rotatable bonds is 1. The fourth-order valence-electron chi connectivity index (χ4n) is 1.24. The van der Waals surface area contributed by atoms with Crippen molar-refractivity contribution in [2.24, 2.45) is 5.10 Å². The fourth-order valence-corrected chi connectivity index (χ4v) is 1.96. The van der Waals surface area contributed by atoms with E-state index in [4.69, 9.17) is 9.76 Å². The summed E-state index contributed by atoms with van der Waals surface area (Å²) in [4.78, 5) is 22.9. The molecule has 2 heterocycles. The second kappa shape index (κ2) is 2.74. The van der Waals surface area contributed by atoms with Crippen LogP contribution in [0.3, 0.4) is 0 Å². The van der Waals surface area contributed by atoms with E-state index in [1.54, 1.807) is 0 Å². The van der Waals surface area contributed by atoms with Gasteiger partial charge in [-0.15, -0.1) is 5.10 Å². The lowest BCUT2D eigenvalue weighted by Gasteiger charge is -2.06. The van der Waals surface area contributed by atoms with Gasteiger partial charge in [0.25, 0.3) is 22.0 Å². The van der Waals surface area contributed by atoms with E-state index in [-0.39, 0.29) is 11.1 Å². The molecule has 0 radical (unpaired) electrons. The van der Waals surface area contributed by atoms with Gasteiger partial charge in [0.2, 0.25) is 5.91 Å². The van der Waals surface area contributed by atoms with Crippen LogP contribution in [0.1, 0.15) is 6.42 Å². The van der Waals surface area contributed by atoms with Gasteiger partial charge >= 0.3 is 0 Å². The van der Waals surface area contributed by atoms with Gasteiger partial charge in [0.1, 0.15) is 0 Å². The third kappa shape index (κ3) is 1.48. The summed E-state index contributed by atoms with van der Waals surface area (Å²) in [5, 5.41) is 10.3. The van der Waals surface area contributed by atoms with Gasteiger partial charge in [-0.3, -0.25) is 19.3 Å². The first-order valence-corrected chi connectivity index (χ1v) is 5.23. The van der Waals surface area contributed by atoms with E-state index < -0.39 is 33.6 Å². The van der Waals surface area contributed by atoms with Crippen LogP contribution in [-0.2, 0) is 19.7 Å². The molecule has 2 amide bonds. The highest BCUT2D eigenvalue weighted by molar-refractivity contribution is 7.87. The quantitative estimate of drug-likeness (QED) is 0.396. The fraction of sp³-hybridized carbons (Fsp3) is 0.400. The molecule has 1 fully saturated rings. The number of hydrogen-bond acceptors (Lipinski definition) is 7. The molecule has 0 bridgehead atoms. The van der Waals surface area contributed by atoms with Crippen LogP contribution < -0.4 is 0 Å². The maximum Gasteiger partial charge on any atom is 0.282 e. The Labute approximate surface area is 83.3 Å². The molecule has 0 spiro atoms. The minimum absolute atomic E-state index is 0.266. The molecule has 1 atom stereocenters. The Balaban J connectivity index is 2.29. The smallest absolute Gasteiger partial charge is 0.282 e. The van der Waals surface area contributed by atoms with Gasteiger partial charge in [-0.25, -0.2) is 4.90 Å². The third-order valence-electron chi connectivity index (χ3n) is 1.99. The van der Waals surface area contributed by atoms with E-state index in [2.05, 4.69) is 5.10 Å². The van der Waals surface area contributed by atoms with Crippen molar-refractivity contribution in [2.75, 3.05) is 0 Å². The molecule has 82 valence electrons. The van der Waals surface area contributed by atoms with E-state index in [1.165, 1.54) is 0 Å². The second-order valence-corrected chi connectivity index (χ2v) is 4.56. The van der Waals surface area contributed by atoms with Crippen LogP contribution in [0.4, 0.5) is 0 Å². The molecule has 2 aliphatic heterocycles. The van der Waals surface area contributed by atoms with Gasteiger partial charge in [0.15, 0.2) is 5.25 Å². The predicted octanol–water partition coefficient (Wildman–Crippen LogP) is -2.02. The van der Waals surface area contributed by atoms with Gasteiger partial charge in [-0.1, -0.05) is 5.17 Å². The number of imide groups is 1. The molecule has 0 aromatic rings. The zero-order valence-corrected chi connectivity index (χ0v) is 7.88. The number of guanidine groups is 1. The van der Waals surface area contributed by atoms with Gasteiger partial charge in [-0.2, -0.15) is 8.42 Å². The predicted molar refractivity (Wildman–Crippen MR) is 42.9 cm³/mol. The van der Waals surface area contributed by atoms with Gasteiger partial charge in [0.05, 0.1) is 6.42 Å². The molecule has 0 saturated carbocycles. The lowest BCUT2D eigenvalue weighted by Crippen LogP contribution is -2.38. The number of hydrazone groups is 1. The largest absolute Gasteiger partial charge is 0.285 e. The van der Waals surface area contributed by atoms with Crippen LogP contribution in [0.5, 0.6) is 0 Å². The standard InChI is InChI=1S/C5H5N3O6S/c9-3-1-2(15(12,13)14)4(10)7(3)5-6-8(5)11/h2,11H,1H2,(H,12,13,14). The molecule has 1 unspecified atom stereocenters. The zero-order chi connectivity index (χ0) is 11.4. The number of carbonyl (C=O) groups is 2. The Hall–Kier alpha value is -1.52. The summed E-state index contributed by atoms with van der Waals surface area (Å²) in [7, 11) is -4.61. The topological polar surface area (TPSA) is 127 Å². The highest BCUT2D eigenvalue weighted by Crippen LogP contribution is 2.24. The van der Waals surface area contributed by atoms with Crippen molar-refractivity contribution in [1.82, 2.24) is 10.1 Å². The van der Waals surface area contributed by atoms with E-state index in [9.17, 15) is 18.0 Å². The summed E-state index contributed by atoms with van der Waals surface area (Å²) in [5.41, 5.74) is 0. The summed E-state index contributed by atoms with van der Waals surface area (Å²) >= 11 is 0. The van der Waals surface area contributed by atoms with Gasteiger partial charge < -0.3 is 0 Å². The molecular weight excluding hydrogens is 230 g/mol. The van der Waals surface area contributed by atoms with Crippen LogP contribution in [-0.4, -0.2) is 51.3 Å². The maximum absolute atomic E-state index is 11.3. The lowest BCUT2D eigenvalue weighted by molar-refractivity contribution is -0.134. The van der Waals surface area contributed by atoms with Crippen molar-refractivity contribution in [3.05, 3.63) is 0 Å². The molecule has 0 aromatic carbocycles. The van der Waals surface area contributed by atoms with Crippen molar-refractivity contribution in [3.8, 4) is 0 Å². The molecule has 1 saturated heterocycles. The number of amides is 2. The van der Waals surface area contributed by atoms with Crippen LogP contribution >= 0.6 is 0 Å². The Morgan fingerprint density at radius 1 is 1.40 bits per heavy atom. The summed E-state index contributed by atoms with van der Waals surface area (Å²) in [6.07, 6.45) is -0.648. The van der Waals surface area contributed by atoms with Crippen molar-refractivity contribution in [1.29, 1.82) is 0 Å². The summed E-state index contributed by atoms with van der Waals surface area (Å²) < 4.78 is 30.0. The highest BCUT2D eigenvalue weighted by Gasteiger charge is 2.51. The summed E-state index contributed by atoms with van der Waals surface area (Å²) in [5.74, 6) is -2.29. The normalized spacial score (nSPS) is 26.0. The first kappa shape index (κ1) is 10.0. The zero-order valence-electron chi connectivity index (χ0n) is 7.06. The number of nitrogens with zero attached hydrogens (tertiary/aromatic N) is 3. The summed E-state index contributed by atoms with van der Waals surface area (Å²) in [6, 6.07) is 0. The minimum atomic E-state index is -4.61. The molecule has 10 heteroatoms. The van der Waals surface area contributed by atoms with E-state index in [0.29, 0.717) is 4.90 Å². The number of hydrogen-bond donors (Lipinski definition) is 2. The molecular formula is C5H5N3O6S. The first-order chi connectivity index (χ1) is 6.82. The highest BCUT2D eigenvalue weighted by atomic mass is 32.2. The van der Waals surface area contributed by atoms with Crippen LogP contribution in [0.25, 0.3) is 0 Å². The SMILES string of the molecule is O=C1CC(S(=O)(=O)O)C(=O)N1C1=NN1O. The Morgan fingerprint density at radius 2 is 1.93 bits per heavy atom. The summed E-state index contributed by atoms with van der Waals surface area (Å²) in [6.45, 7) is 0. The first-order valence-electron chi connectivity index (χ1n) is 3.73. The van der Waals surface area contributed by atoms with Crippen molar-refractivity contribution in [3.63, 3.8) is 0 Å². The number of hydroxylamine groups is 1. The maximum atomic E-state index is 11.3. The molecule has 2 rings (SSSR count). The Bertz CT molecular complexity index is 481. The molecule has 15 heavy (non-hydrogen) atoms. The Morgan fingerprint density at radius 3 is 2.27 bits per heavy atom. The number of likely N-dealkylation sites (tertiary alicyclic amines) is 1. The van der Waals surface area contributed by atoms with Crippen molar-refractivity contribution in [2.45, 2.75) is 11.7 Å². The van der Waals surface area contributed by atoms with Crippen LogP contribution in [0.15, 0.2) is 5.10 Å². The second-order valence-electron chi connectivity index (χ2n) is 2.96. The lowest BCUT2D eigenvalue weighted by atomic mass is 10.4. The molecule has 9 nitrogen and oxygen atoms in total. The van der Waals surface area contributed by atoms with Crippen LogP contribution in [0, 0.1) is 0 Å². The van der Waals surface area contributed by atoms with Crippen molar-refractivity contribution >= 4 is 27.9 Å². The number of carbonyl (C=O) groups excluding carboxylic acids is 2. The van der Waals surface area contributed by atoms with Gasteiger partial charge in [-0.05, 0) is 0 Å². The van der Waals surface area contributed by atoms with Crippen LogP contribution in [0.2, 0.25) is 0 Å². The average molecular weight is 235 g/mol. The minimum Gasteiger partial charge on any atom is -0.285 e. The average Bonchev–Trinajstić information content (AvgIpc) is 2.68. The van der Waals surface area contributed by atoms with Gasteiger partial charge in [0, 0.05) is 0 Å². The van der Waals surface area contributed by atoms with Crippen molar-refractivity contribution < 1.29 is 27.8 Å². The third-order valence-corrected chi connectivity index (χ3v) is 3.08. The molecule has 2 aliphatic rings. The van der Waals surface area contributed by atoms with E-state index >= 15 is 0 Å². The molecule has 0 aromatic heterocycles. The Kier molecular flexibility index (Phi) is 1.83. The molecule has 2 N–H and O–H groups in total. The van der Waals surface area contributed by atoms with E-state index in [1.807, 2.05) is 0 Å². The molecule has 0 aliphatic carbocycles. The monoisotopic (exact) mass is 235 g/mol. The van der Waals surface area contributed by atoms with E-state index in [0.717, 1.165) is 0 Å².